The number of amides is 1. The zero-order chi connectivity index (χ0) is 17.8. The molecule has 0 saturated carbocycles. The number of aromatic nitrogens is 1. The van der Waals surface area contributed by atoms with Crippen molar-refractivity contribution in [3.63, 3.8) is 0 Å². The summed E-state index contributed by atoms with van der Waals surface area (Å²) in [5.41, 5.74) is 4.19. The molecule has 0 fully saturated rings. The molecule has 1 atom stereocenters. The smallest absolute Gasteiger partial charge is 0.242 e. The first-order valence-corrected chi connectivity index (χ1v) is 8.39. The molecule has 0 aliphatic heterocycles. The van der Waals surface area contributed by atoms with Crippen LogP contribution in [0.4, 0.5) is 0 Å². The highest BCUT2D eigenvalue weighted by molar-refractivity contribution is 5.85. The summed E-state index contributed by atoms with van der Waals surface area (Å²) < 4.78 is 0. The molecule has 0 bridgehead atoms. The van der Waals surface area contributed by atoms with E-state index in [1.54, 1.807) is 6.20 Å². The minimum Gasteiger partial charge on any atom is -0.350 e. The van der Waals surface area contributed by atoms with Gasteiger partial charge >= 0.3 is 0 Å². The number of pyridine rings is 1. The van der Waals surface area contributed by atoms with E-state index < -0.39 is 0 Å². The Bertz CT molecular complexity index is 866. The first-order chi connectivity index (χ1) is 12.1. The number of para-hydroxylation sites is 1. The molecule has 0 radical (unpaired) electrons. The zero-order valence-electron chi connectivity index (χ0n) is 14.9. The maximum absolute atomic E-state index is 12.8. The molecule has 1 aromatic heterocycles. The molecule has 2 aromatic carbocycles. The highest BCUT2D eigenvalue weighted by Gasteiger charge is 2.22. The van der Waals surface area contributed by atoms with E-state index in [-0.39, 0.29) is 11.9 Å². The van der Waals surface area contributed by atoms with Crippen LogP contribution in [0, 0.1) is 6.92 Å². The van der Waals surface area contributed by atoms with Crippen LogP contribution in [-0.4, -0.2) is 29.9 Å². The number of hydrogen-bond acceptors (Lipinski definition) is 3. The number of carbonyl (C=O) groups is 1. The van der Waals surface area contributed by atoms with Gasteiger partial charge in [-0.2, -0.15) is 0 Å². The van der Waals surface area contributed by atoms with Gasteiger partial charge in [0.1, 0.15) is 6.04 Å². The van der Waals surface area contributed by atoms with Crippen molar-refractivity contribution in [3.05, 3.63) is 77.5 Å². The van der Waals surface area contributed by atoms with Gasteiger partial charge in [-0.05, 0) is 44.3 Å². The minimum atomic E-state index is -0.311. The first-order valence-electron chi connectivity index (χ1n) is 8.39. The Balaban J connectivity index is 1.78. The summed E-state index contributed by atoms with van der Waals surface area (Å²) >= 11 is 0. The van der Waals surface area contributed by atoms with Gasteiger partial charge in [-0.25, -0.2) is 0 Å². The average Bonchev–Trinajstić information content (AvgIpc) is 2.61. The maximum Gasteiger partial charge on any atom is 0.242 e. The highest BCUT2D eigenvalue weighted by atomic mass is 16.2. The number of fused-ring (bicyclic) bond motifs is 1. The topological polar surface area (TPSA) is 45.2 Å². The van der Waals surface area contributed by atoms with E-state index in [9.17, 15) is 4.79 Å². The van der Waals surface area contributed by atoms with E-state index in [4.69, 9.17) is 0 Å². The normalized spacial score (nSPS) is 12.3. The van der Waals surface area contributed by atoms with Crippen LogP contribution in [0.1, 0.15) is 22.7 Å². The van der Waals surface area contributed by atoms with E-state index in [1.807, 2.05) is 80.5 Å². The fourth-order valence-electron chi connectivity index (χ4n) is 3.02. The zero-order valence-corrected chi connectivity index (χ0v) is 14.9. The number of likely N-dealkylation sites (N-methyl/N-ethyl adjacent to an activating group) is 1. The molecule has 25 heavy (non-hydrogen) atoms. The summed E-state index contributed by atoms with van der Waals surface area (Å²) in [6, 6.07) is 17.7. The van der Waals surface area contributed by atoms with E-state index >= 15 is 0 Å². The molecule has 4 heteroatoms. The Morgan fingerprint density at radius 1 is 1.08 bits per heavy atom. The van der Waals surface area contributed by atoms with Crippen LogP contribution in [0.25, 0.3) is 10.9 Å². The molecule has 1 N–H and O–H groups in total. The predicted molar refractivity (Wildman–Crippen MR) is 101 cm³/mol. The molecule has 1 heterocycles. The quantitative estimate of drug-likeness (QED) is 0.778. The maximum atomic E-state index is 12.8. The second-order valence-electron chi connectivity index (χ2n) is 6.48. The molecule has 1 amide bonds. The van der Waals surface area contributed by atoms with Gasteiger partial charge in [0.2, 0.25) is 5.91 Å². The van der Waals surface area contributed by atoms with Crippen LogP contribution < -0.4 is 5.32 Å². The van der Waals surface area contributed by atoms with Crippen LogP contribution in [0.3, 0.4) is 0 Å². The Hall–Kier alpha value is -2.72. The van der Waals surface area contributed by atoms with Crippen molar-refractivity contribution in [1.82, 2.24) is 15.2 Å². The average molecular weight is 333 g/mol. The van der Waals surface area contributed by atoms with E-state index in [0.717, 1.165) is 22.0 Å². The van der Waals surface area contributed by atoms with Crippen molar-refractivity contribution >= 4 is 16.8 Å². The third-order valence-corrected chi connectivity index (χ3v) is 4.35. The van der Waals surface area contributed by atoms with Crippen molar-refractivity contribution < 1.29 is 4.79 Å². The molecule has 0 saturated heterocycles. The number of nitrogens with one attached hydrogen (secondary N) is 1. The van der Waals surface area contributed by atoms with Crippen LogP contribution >= 0.6 is 0 Å². The summed E-state index contributed by atoms with van der Waals surface area (Å²) in [6.45, 7) is 2.53. The van der Waals surface area contributed by atoms with Crippen molar-refractivity contribution in [1.29, 1.82) is 0 Å². The lowest BCUT2D eigenvalue weighted by Gasteiger charge is -2.24. The number of benzene rings is 2. The molecule has 0 spiro atoms. The van der Waals surface area contributed by atoms with Crippen LogP contribution in [-0.2, 0) is 11.3 Å². The van der Waals surface area contributed by atoms with Crippen molar-refractivity contribution in [2.75, 3.05) is 14.1 Å². The second kappa shape index (κ2) is 7.45. The highest BCUT2D eigenvalue weighted by Crippen LogP contribution is 2.20. The fraction of sp³-hybridized carbons (Fsp3) is 0.238. The minimum absolute atomic E-state index is 0.00486. The van der Waals surface area contributed by atoms with Crippen LogP contribution in [0.2, 0.25) is 0 Å². The van der Waals surface area contributed by atoms with Crippen LogP contribution in [0.5, 0.6) is 0 Å². The van der Waals surface area contributed by atoms with Gasteiger partial charge in [-0.15, -0.1) is 0 Å². The number of rotatable bonds is 5. The van der Waals surface area contributed by atoms with Gasteiger partial charge in [-0.1, -0.05) is 48.0 Å². The Labute approximate surface area is 148 Å². The van der Waals surface area contributed by atoms with Gasteiger partial charge < -0.3 is 5.32 Å². The molecule has 128 valence electrons. The molecule has 0 aliphatic rings. The summed E-state index contributed by atoms with van der Waals surface area (Å²) in [6.07, 6.45) is 1.78. The summed E-state index contributed by atoms with van der Waals surface area (Å²) in [7, 11) is 3.85. The first kappa shape index (κ1) is 17.1. The van der Waals surface area contributed by atoms with E-state index in [0.29, 0.717) is 6.54 Å². The number of aryl methyl sites for hydroxylation is 1. The monoisotopic (exact) mass is 333 g/mol. The number of carbonyl (C=O) groups excluding carboxylic acids is 1. The van der Waals surface area contributed by atoms with Crippen molar-refractivity contribution in [2.24, 2.45) is 0 Å². The standard InChI is InChI=1S/C21H23N3O/c1-15-8-10-16(11-9-15)20(24(2)3)21(25)23-14-17-12-13-22-19-7-5-4-6-18(17)19/h4-13,20H,14H2,1-3H3,(H,23,25). The Morgan fingerprint density at radius 2 is 1.80 bits per heavy atom. The van der Waals surface area contributed by atoms with Gasteiger partial charge in [0.25, 0.3) is 0 Å². The predicted octanol–water partition coefficient (Wildman–Crippen LogP) is 3.46. The molecular formula is C21H23N3O. The molecule has 4 nitrogen and oxygen atoms in total. The van der Waals surface area contributed by atoms with Crippen LogP contribution in [0.15, 0.2) is 60.8 Å². The largest absolute Gasteiger partial charge is 0.350 e. The second-order valence-corrected chi connectivity index (χ2v) is 6.48. The number of hydrogen-bond donors (Lipinski definition) is 1. The fourth-order valence-corrected chi connectivity index (χ4v) is 3.02. The third kappa shape index (κ3) is 3.86. The van der Waals surface area contributed by atoms with Gasteiger partial charge in [0.15, 0.2) is 0 Å². The number of nitrogens with zero attached hydrogens (tertiary/aromatic N) is 2. The summed E-state index contributed by atoms with van der Waals surface area (Å²) in [4.78, 5) is 19.1. The molecular weight excluding hydrogens is 310 g/mol. The lowest BCUT2D eigenvalue weighted by molar-refractivity contribution is -0.125. The SMILES string of the molecule is Cc1ccc(C(C(=O)NCc2ccnc3ccccc23)N(C)C)cc1. The Morgan fingerprint density at radius 3 is 2.52 bits per heavy atom. The third-order valence-electron chi connectivity index (χ3n) is 4.35. The van der Waals surface area contributed by atoms with E-state index in [1.165, 1.54) is 5.56 Å². The molecule has 3 aromatic rings. The van der Waals surface area contributed by atoms with Crippen molar-refractivity contribution in [2.45, 2.75) is 19.5 Å². The summed E-state index contributed by atoms with van der Waals surface area (Å²) in [5, 5.41) is 4.15. The lowest BCUT2D eigenvalue weighted by Crippen LogP contribution is -2.36. The molecule has 1 unspecified atom stereocenters. The van der Waals surface area contributed by atoms with Gasteiger partial charge in [0, 0.05) is 18.1 Å². The van der Waals surface area contributed by atoms with Gasteiger partial charge in [0.05, 0.1) is 5.52 Å². The van der Waals surface area contributed by atoms with E-state index in [2.05, 4.69) is 10.3 Å². The van der Waals surface area contributed by atoms with Gasteiger partial charge in [-0.3, -0.25) is 14.7 Å². The lowest BCUT2D eigenvalue weighted by atomic mass is 10.0. The summed E-state index contributed by atoms with van der Waals surface area (Å²) in [5.74, 6) is -0.00486. The molecule has 0 aliphatic carbocycles. The van der Waals surface area contributed by atoms with Crippen molar-refractivity contribution in [3.8, 4) is 0 Å². The Kier molecular flexibility index (Phi) is 5.10. The molecule has 3 rings (SSSR count).